The lowest BCUT2D eigenvalue weighted by Crippen LogP contribution is -2.15. The van der Waals surface area contributed by atoms with Crippen LogP contribution in [0.4, 0.5) is 5.69 Å². The fraction of sp³-hybridized carbons (Fsp3) is 0.214. The molecule has 104 valence electrons. The molecule has 2 heterocycles. The van der Waals surface area contributed by atoms with Crippen molar-refractivity contribution in [3.8, 4) is 11.5 Å². The highest BCUT2D eigenvalue weighted by atomic mass is 16.6. The SMILES string of the molecule is O=C(O)c1coc(CNc2ccc3c(c2)OCCO3)c1. The third kappa shape index (κ3) is 2.54. The number of anilines is 1. The number of hydrogen-bond acceptors (Lipinski definition) is 5. The topological polar surface area (TPSA) is 80.9 Å². The van der Waals surface area contributed by atoms with Crippen molar-refractivity contribution < 1.29 is 23.8 Å². The van der Waals surface area contributed by atoms with E-state index in [1.807, 2.05) is 18.2 Å². The van der Waals surface area contributed by atoms with Gasteiger partial charge in [-0.3, -0.25) is 0 Å². The fourth-order valence-electron chi connectivity index (χ4n) is 1.93. The summed E-state index contributed by atoms with van der Waals surface area (Å²) in [7, 11) is 0. The zero-order valence-corrected chi connectivity index (χ0v) is 10.6. The molecule has 0 amide bonds. The maximum absolute atomic E-state index is 10.7. The third-order valence-electron chi connectivity index (χ3n) is 2.91. The van der Waals surface area contributed by atoms with Gasteiger partial charge in [-0.05, 0) is 18.2 Å². The van der Waals surface area contributed by atoms with E-state index in [1.54, 1.807) is 0 Å². The molecule has 3 rings (SSSR count). The molecule has 6 nitrogen and oxygen atoms in total. The number of aromatic carboxylic acids is 1. The Hall–Kier alpha value is -2.63. The van der Waals surface area contributed by atoms with E-state index in [-0.39, 0.29) is 5.56 Å². The average Bonchev–Trinajstić information content (AvgIpc) is 2.94. The minimum Gasteiger partial charge on any atom is -0.486 e. The van der Waals surface area contributed by atoms with Crippen molar-refractivity contribution in [1.82, 2.24) is 0 Å². The molecule has 0 spiro atoms. The number of carboxylic acids is 1. The third-order valence-corrected chi connectivity index (χ3v) is 2.91. The number of ether oxygens (including phenoxy) is 2. The first kappa shape index (κ1) is 12.4. The van der Waals surface area contributed by atoms with Gasteiger partial charge in [0.05, 0.1) is 12.1 Å². The molecule has 0 saturated carbocycles. The average molecular weight is 275 g/mol. The second-order valence-electron chi connectivity index (χ2n) is 4.32. The first-order chi connectivity index (χ1) is 9.72. The van der Waals surface area contributed by atoms with Crippen LogP contribution >= 0.6 is 0 Å². The van der Waals surface area contributed by atoms with Gasteiger partial charge in [0.1, 0.15) is 25.2 Å². The molecular formula is C14H13NO5. The molecule has 20 heavy (non-hydrogen) atoms. The van der Waals surface area contributed by atoms with Crippen LogP contribution in [0.3, 0.4) is 0 Å². The monoisotopic (exact) mass is 275 g/mol. The normalized spacial score (nSPS) is 13.0. The summed E-state index contributed by atoms with van der Waals surface area (Å²) >= 11 is 0. The molecule has 0 saturated heterocycles. The highest BCUT2D eigenvalue weighted by Gasteiger charge is 2.12. The minimum absolute atomic E-state index is 0.143. The van der Waals surface area contributed by atoms with Crippen LogP contribution in [0.25, 0.3) is 0 Å². The van der Waals surface area contributed by atoms with Gasteiger partial charge in [0.15, 0.2) is 11.5 Å². The van der Waals surface area contributed by atoms with Crippen LogP contribution in [0, 0.1) is 0 Å². The van der Waals surface area contributed by atoms with Crippen molar-refractivity contribution >= 4 is 11.7 Å². The quantitative estimate of drug-likeness (QED) is 0.891. The summed E-state index contributed by atoms with van der Waals surface area (Å²) < 4.78 is 16.1. The Morgan fingerprint density at radius 1 is 1.20 bits per heavy atom. The highest BCUT2D eigenvalue weighted by Crippen LogP contribution is 2.32. The Morgan fingerprint density at radius 3 is 2.75 bits per heavy atom. The van der Waals surface area contributed by atoms with Gasteiger partial charge in [-0.25, -0.2) is 4.79 Å². The molecule has 0 fully saturated rings. The number of rotatable bonds is 4. The molecule has 0 aliphatic carbocycles. The van der Waals surface area contributed by atoms with E-state index in [9.17, 15) is 4.79 Å². The maximum Gasteiger partial charge on any atom is 0.338 e. The Bertz CT molecular complexity index is 634. The van der Waals surface area contributed by atoms with E-state index in [4.69, 9.17) is 19.0 Å². The molecule has 1 aliphatic rings. The van der Waals surface area contributed by atoms with Crippen LogP contribution in [0.5, 0.6) is 11.5 Å². The summed E-state index contributed by atoms with van der Waals surface area (Å²) in [6, 6.07) is 7.04. The Balaban J connectivity index is 1.67. The van der Waals surface area contributed by atoms with Crippen molar-refractivity contribution in [2.75, 3.05) is 18.5 Å². The van der Waals surface area contributed by atoms with E-state index < -0.39 is 5.97 Å². The van der Waals surface area contributed by atoms with Gasteiger partial charge in [-0.1, -0.05) is 0 Å². The van der Waals surface area contributed by atoms with Crippen molar-refractivity contribution in [2.24, 2.45) is 0 Å². The van der Waals surface area contributed by atoms with Crippen molar-refractivity contribution in [3.05, 3.63) is 41.9 Å². The van der Waals surface area contributed by atoms with E-state index in [0.717, 1.165) is 11.4 Å². The van der Waals surface area contributed by atoms with Gasteiger partial charge in [-0.2, -0.15) is 0 Å². The van der Waals surface area contributed by atoms with Crippen LogP contribution in [-0.2, 0) is 6.54 Å². The first-order valence-corrected chi connectivity index (χ1v) is 6.16. The summed E-state index contributed by atoms with van der Waals surface area (Å²) in [5, 5.41) is 11.9. The largest absolute Gasteiger partial charge is 0.486 e. The van der Waals surface area contributed by atoms with Crippen LogP contribution in [0.15, 0.2) is 34.9 Å². The van der Waals surface area contributed by atoms with Crippen LogP contribution in [0.1, 0.15) is 16.1 Å². The number of carboxylic acid groups (broad SMARTS) is 1. The van der Waals surface area contributed by atoms with Crippen molar-refractivity contribution in [1.29, 1.82) is 0 Å². The van der Waals surface area contributed by atoms with Gasteiger partial charge in [0.2, 0.25) is 0 Å². The summed E-state index contributed by atoms with van der Waals surface area (Å²) in [5.74, 6) is 0.983. The van der Waals surface area contributed by atoms with Crippen LogP contribution in [-0.4, -0.2) is 24.3 Å². The fourth-order valence-corrected chi connectivity index (χ4v) is 1.93. The molecule has 1 aromatic heterocycles. The molecule has 0 unspecified atom stereocenters. The second kappa shape index (κ2) is 5.16. The Morgan fingerprint density at radius 2 is 2.00 bits per heavy atom. The number of hydrogen-bond donors (Lipinski definition) is 2. The number of benzene rings is 1. The lowest BCUT2D eigenvalue weighted by atomic mass is 10.2. The van der Waals surface area contributed by atoms with Gasteiger partial charge >= 0.3 is 5.97 Å². The molecule has 2 N–H and O–H groups in total. The smallest absolute Gasteiger partial charge is 0.338 e. The Kier molecular flexibility index (Phi) is 3.20. The summed E-state index contributed by atoms with van der Waals surface area (Å²) in [6.07, 6.45) is 1.23. The van der Waals surface area contributed by atoms with E-state index in [0.29, 0.717) is 31.3 Å². The van der Waals surface area contributed by atoms with Gasteiger partial charge in [0.25, 0.3) is 0 Å². The van der Waals surface area contributed by atoms with Gasteiger partial charge in [0, 0.05) is 11.8 Å². The second-order valence-corrected chi connectivity index (χ2v) is 4.32. The molecule has 0 radical (unpaired) electrons. The summed E-state index contributed by atoms with van der Waals surface area (Å²) in [6.45, 7) is 1.49. The van der Waals surface area contributed by atoms with E-state index in [2.05, 4.69) is 5.32 Å². The first-order valence-electron chi connectivity index (χ1n) is 6.16. The number of furan rings is 1. The molecule has 2 aromatic rings. The maximum atomic E-state index is 10.7. The van der Waals surface area contributed by atoms with Gasteiger partial charge < -0.3 is 24.3 Å². The molecular weight excluding hydrogens is 262 g/mol. The molecule has 6 heteroatoms. The zero-order valence-electron chi connectivity index (χ0n) is 10.6. The number of nitrogens with one attached hydrogen (secondary N) is 1. The Labute approximate surface area is 114 Å². The lowest BCUT2D eigenvalue weighted by Gasteiger charge is -2.19. The summed E-state index contributed by atoms with van der Waals surface area (Å²) in [4.78, 5) is 10.7. The molecule has 0 atom stereocenters. The molecule has 1 aromatic carbocycles. The lowest BCUT2D eigenvalue weighted by molar-refractivity contribution is 0.0696. The number of fused-ring (bicyclic) bond motifs is 1. The minimum atomic E-state index is -1.00. The van der Waals surface area contributed by atoms with Gasteiger partial charge in [-0.15, -0.1) is 0 Å². The van der Waals surface area contributed by atoms with E-state index in [1.165, 1.54) is 12.3 Å². The van der Waals surface area contributed by atoms with Crippen molar-refractivity contribution in [3.63, 3.8) is 0 Å². The predicted molar refractivity (Wildman–Crippen MR) is 70.4 cm³/mol. The standard InChI is InChI=1S/C14H13NO5/c16-14(17)9-5-11(20-8-9)7-15-10-1-2-12-13(6-10)19-4-3-18-12/h1-2,5-6,8,15H,3-4,7H2,(H,16,17). The molecule has 1 aliphatic heterocycles. The zero-order chi connectivity index (χ0) is 13.9. The highest BCUT2D eigenvalue weighted by molar-refractivity contribution is 5.87. The van der Waals surface area contributed by atoms with Crippen molar-refractivity contribution in [2.45, 2.75) is 6.54 Å². The number of carbonyl (C=O) groups is 1. The predicted octanol–water partition coefficient (Wildman–Crippen LogP) is 2.36. The summed E-state index contributed by atoms with van der Waals surface area (Å²) in [5.41, 5.74) is 0.992. The van der Waals surface area contributed by atoms with Crippen LogP contribution in [0.2, 0.25) is 0 Å². The molecule has 0 bridgehead atoms. The van der Waals surface area contributed by atoms with Crippen LogP contribution < -0.4 is 14.8 Å². The van der Waals surface area contributed by atoms with E-state index >= 15 is 0 Å².